The summed E-state index contributed by atoms with van der Waals surface area (Å²) in [6, 6.07) is 6.13. The number of aromatic nitrogens is 5. The highest BCUT2D eigenvalue weighted by molar-refractivity contribution is 7.84. The summed E-state index contributed by atoms with van der Waals surface area (Å²) in [6.07, 6.45) is 6.98. The third kappa shape index (κ3) is 2.70. The van der Waals surface area contributed by atoms with Gasteiger partial charge in [0.05, 0.1) is 35.6 Å². The number of fused-ring (bicyclic) bond motifs is 2. The molecule has 0 saturated carbocycles. The Morgan fingerprint density at radius 1 is 1.32 bits per heavy atom. The normalized spacial score (nSPS) is 18.8. The lowest BCUT2D eigenvalue weighted by molar-refractivity contribution is 0.0985. The zero-order valence-corrected chi connectivity index (χ0v) is 16.4. The summed E-state index contributed by atoms with van der Waals surface area (Å²) in [6.45, 7) is 4.20. The smallest absolute Gasteiger partial charge is 0.152 e. The van der Waals surface area contributed by atoms with Gasteiger partial charge < -0.3 is 14.6 Å². The average Bonchev–Trinajstić information content (AvgIpc) is 3.34. The summed E-state index contributed by atoms with van der Waals surface area (Å²) in [7, 11) is -1.20. The Kier molecular flexibility index (Phi) is 4.13. The quantitative estimate of drug-likeness (QED) is 0.571. The van der Waals surface area contributed by atoms with Gasteiger partial charge >= 0.3 is 0 Å². The first kappa shape index (κ1) is 17.3. The SMILES string of the molecule is CC1COCCN1c1cc2c(S(C)=O)ncn2c(-c2ccnc3[nH]ccc23)n1. The first-order valence-corrected chi connectivity index (χ1v) is 10.7. The fraction of sp³-hybridized carbons (Fsp3) is 0.316. The van der Waals surface area contributed by atoms with E-state index in [1.165, 1.54) is 0 Å². The van der Waals surface area contributed by atoms with Crippen LogP contribution in [0.1, 0.15) is 6.92 Å². The lowest BCUT2D eigenvalue weighted by Crippen LogP contribution is -2.44. The fourth-order valence-electron chi connectivity index (χ4n) is 3.74. The van der Waals surface area contributed by atoms with Crippen LogP contribution in [-0.2, 0) is 15.5 Å². The van der Waals surface area contributed by atoms with Gasteiger partial charge in [0.1, 0.15) is 23.6 Å². The molecular formula is C19H20N6O2S. The van der Waals surface area contributed by atoms with Crippen LogP contribution in [0.2, 0.25) is 0 Å². The van der Waals surface area contributed by atoms with Crippen molar-refractivity contribution < 1.29 is 8.95 Å². The second-order valence-corrected chi connectivity index (χ2v) is 8.21. The molecule has 4 aromatic rings. The van der Waals surface area contributed by atoms with Crippen LogP contribution in [0.3, 0.4) is 0 Å². The van der Waals surface area contributed by atoms with E-state index in [-0.39, 0.29) is 6.04 Å². The number of morpholine rings is 1. The Morgan fingerprint density at radius 2 is 2.21 bits per heavy atom. The van der Waals surface area contributed by atoms with Crippen molar-refractivity contribution in [3.05, 3.63) is 36.9 Å². The predicted octanol–water partition coefficient (Wildman–Crippen LogP) is 2.24. The highest BCUT2D eigenvalue weighted by Crippen LogP contribution is 2.31. The third-order valence-corrected chi connectivity index (χ3v) is 5.98. The molecule has 4 aromatic heterocycles. The molecular weight excluding hydrogens is 376 g/mol. The van der Waals surface area contributed by atoms with Gasteiger partial charge in [0.15, 0.2) is 5.03 Å². The molecule has 2 atom stereocenters. The van der Waals surface area contributed by atoms with Crippen molar-refractivity contribution in [2.75, 3.05) is 30.9 Å². The van der Waals surface area contributed by atoms with E-state index in [0.717, 1.165) is 40.3 Å². The van der Waals surface area contributed by atoms with E-state index in [1.807, 2.05) is 28.8 Å². The van der Waals surface area contributed by atoms with Crippen LogP contribution in [0.5, 0.6) is 0 Å². The highest BCUT2D eigenvalue weighted by atomic mass is 32.2. The maximum Gasteiger partial charge on any atom is 0.152 e. The van der Waals surface area contributed by atoms with Gasteiger partial charge in [-0.25, -0.2) is 15.0 Å². The largest absolute Gasteiger partial charge is 0.377 e. The minimum Gasteiger partial charge on any atom is -0.377 e. The number of nitrogens with zero attached hydrogens (tertiary/aromatic N) is 5. The Labute approximate surface area is 164 Å². The van der Waals surface area contributed by atoms with Gasteiger partial charge in [-0.05, 0) is 19.1 Å². The average molecular weight is 396 g/mol. The Hall–Kier alpha value is -2.78. The number of nitrogens with one attached hydrogen (secondary N) is 1. The van der Waals surface area contributed by atoms with Crippen LogP contribution in [0, 0.1) is 0 Å². The van der Waals surface area contributed by atoms with Gasteiger partial charge in [0.25, 0.3) is 0 Å². The molecule has 0 aromatic carbocycles. The Bertz CT molecular complexity index is 1200. The van der Waals surface area contributed by atoms with E-state index in [1.54, 1.807) is 18.8 Å². The Balaban J connectivity index is 1.80. The first-order chi connectivity index (χ1) is 13.6. The molecule has 1 aliphatic rings. The van der Waals surface area contributed by atoms with Gasteiger partial charge in [-0.3, -0.25) is 8.61 Å². The molecule has 5 rings (SSSR count). The standard InChI is InChI=1S/C19H20N6O2S/c1-12-10-27-8-7-24(12)16-9-15-19(28(2)26)22-11-25(15)18(23-16)14-4-6-21-17-13(14)3-5-20-17/h3-6,9,11-12H,7-8,10H2,1-2H3,(H,20,21). The van der Waals surface area contributed by atoms with E-state index in [0.29, 0.717) is 18.2 Å². The van der Waals surface area contributed by atoms with E-state index in [9.17, 15) is 4.21 Å². The second kappa shape index (κ2) is 6.68. The van der Waals surface area contributed by atoms with Crippen LogP contribution < -0.4 is 4.90 Å². The van der Waals surface area contributed by atoms with Crippen molar-refractivity contribution in [1.82, 2.24) is 24.3 Å². The molecule has 0 spiro atoms. The molecule has 1 aliphatic heterocycles. The molecule has 28 heavy (non-hydrogen) atoms. The molecule has 9 heteroatoms. The minimum absolute atomic E-state index is 0.208. The molecule has 0 amide bonds. The predicted molar refractivity (Wildman–Crippen MR) is 108 cm³/mol. The lowest BCUT2D eigenvalue weighted by Gasteiger charge is -2.34. The molecule has 1 N–H and O–H groups in total. The van der Waals surface area contributed by atoms with Crippen LogP contribution in [-0.4, -0.2) is 60.6 Å². The second-order valence-electron chi connectivity index (χ2n) is 6.91. The lowest BCUT2D eigenvalue weighted by atomic mass is 10.1. The summed E-state index contributed by atoms with van der Waals surface area (Å²) >= 11 is 0. The molecule has 1 saturated heterocycles. The molecule has 0 radical (unpaired) electrons. The van der Waals surface area contributed by atoms with E-state index < -0.39 is 10.8 Å². The van der Waals surface area contributed by atoms with Crippen molar-refractivity contribution in [2.45, 2.75) is 18.0 Å². The molecule has 0 aliphatic carbocycles. The molecule has 1 fully saturated rings. The zero-order chi connectivity index (χ0) is 19.3. The van der Waals surface area contributed by atoms with Crippen LogP contribution in [0.25, 0.3) is 27.9 Å². The van der Waals surface area contributed by atoms with Gasteiger partial charge in [0, 0.05) is 42.2 Å². The number of hydrogen-bond donors (Lipinski definition) is 1. The molecule has 8 nitrogen and oxygen atoms in total. The van der Waals surface area contributed by atoms with Crippen molar-refractivity contribution >= 4 is 33.2 Å². The van der Waals surface area contributed by atoms with Crippen LogP contribution in [0.15, 0.2) is 41.9 Å². The molecule has 5 heterocycles. The highest BCUT2D eigenvalue weighted by Gasteiger charge is 2.24. The van der Waals surface area contributed by atoms with Crippen molar-refractivity contribution in [3.8, 4) is 11.4 Å². The maximum absolute atomic E-state index is 12.3. The van der Waals surface area contributed by atoms with Crippen LogP contribution >= 0.6 is 0 Å². The van der Waals surface area contributed by atoms with Crippen molar-refractivity contribution in [1.29, 1.82) is 0 Å². The summed E-state index contributed by atoms with van der Waals surface area (Å²) in [4.78, 5) is 19.2. The van der Waals surface area contributed by atoms with Gasteiger partial charge in [0.2, 0.25) is 0 Å². The zero-order valence-electron chi connectivity index (χ0n) is 15.6. The Morgan fingerprint density at radius 3 is 3.04 bits per heavy atom. The van der Waals surface area contributed by atoms with Gasteiger partial charge in [-0.1, -0.05) is 0 Å². The third-order valence-electron chi connectivity index (χ3n) is 5.12. The number of anilines is 1. The number of ether oxygens (including phenoxy) is 1. The fourth-order valence-corrected chi connectivity index (χ4v) is 4.39. The van der Waals surface area contributed by atoms with Gasteiger partial charge in [-0.2, -0.15) is 0 Å². The van der Waals surface area contributed by atoms with E-state index >= 15 is 0 Å². The summed E-state index contributed by atoms with van der Waals surface area (Å²) in [5.41, 5.74) is 2.56. The monoisotopic (exact) mass is 396 g/mol. The molecule has 144 valence electrons. The maximum atomic E-state index is 12.3. The number of H-pyrrole nitrogens is 1. The summed E-state index contributed by atoms with van der Waals surface area (Å²) in [5, 5.41) is 1.54. The summed E-state index contributed by atoms with van der Waals surface area (Å²) < 4.78 is 19.7. The van der Waals surface area contributed by atoms with E-state index in [4.69, 9.17) is 9.72 Å². The number of hydrogen-bond acceptors (Lipinski definition) is 6. The van der Waals surface area contributed by atoms with Gasteiger partial charge in [-0.15, -0.1) is 0 Å². The summed E-state index contributed by atoms with van der Waals surface area (Å²) in [5.74, 6) is 1.59. The number of aromatic amines is 1. The first-order valence-electron chi connectivity index (χ1n) is 9.12. The van der Waals surface area contributed by atoms with E-state index in [2.05, 4.69) is 26.8 Å². The minimum atomic E-state index is -1.20. The number of rotatable bonds is 3. The topological polar surface area (TPSA) is 88.4 Å². The van der Waals surface area contributed by atoms with Crippen molar-refractivity contribution in [3.63, 3.8) is 0 Å². The number of imidazole rings is 1. The molecule has 0 bridgehead atoms. The van der Waals surface area contributed by atoms with Crippen LogP contribution in [0.4, 0.5) is 5.82 Å². The molecule has 2 unspecified atom stereocenters. The van der Waals surface area contributed by atoms with Crippen molar-refractivity contribution in [2.24, 2.45) is 0 Å². The number of pyridine rings is 1.